The molecule has 0 spiro atoms. The van der Waals surface area contributed by atoms with E-state index < -0.39 is 0 Å². The van der Waals surface area contributed by atoms with Gasteiger partial charge in [0.1, 0.15) is 7.85 Å². The van der Waals surface area contributed by atoms with Crippen LogP contribution in [0.2, 0.25) is 0 Å². The van der Waals surface area contributed by atoms with E-state index in [4.69, 9.17) is 5.73 Å². The Morgan fingerprint density at radius 1 is 1.50 bits per heavy atom. The van der Waals surface area contributed by atoms with E-state index in [0.29, 0.717) is 0 Å². The summed E-state index contributed by atoms with van der Waals surface area (Å²) in [6.07, 6.45) is 2.33. The van der Waals surface area contributed by atoms with Gasteiger partial charge in [0.15, 0.2) is 0 Å². The predicted octanol–water partition coefficient (Wildman–Crippen LogP) is 0.936. The average Bonchev–Trinajstić information content (AvgIpc) is 2.65. The summed E-state index contributed by atoms with van der Waals surface area (Å²) in [6, 6.07) is 4.40. The fourth-order valence-corrected chi connectivity index (χ4v) is 2.56. The van der Waals surface area contributed by atoms with Gasteiger partial charge in [-0.2, -0.15) is 0 Å². The minimum atomic E-state index is 0.821. The van der Waals surface area contributed by atoms with E-state index in [1.54, 1.807) is 0 Å². The highest BCUT2D eigenvalue weighted by Gasteiger charge is 2.20. The van der Waals surface area contributed by atoms with Gasteiger partial charge >= 0.3 is 0 Å². The number of nitrogens with two attached hydrogens (primary N) is 1. The van der Waals surface area contributed by atoms with Crippen LogP contribution in [0.15, 0.2) is 12.1 Å². The summed E-state index contributed by atoms with van der Waals surface area (Å²) < 4.78 is 0. The van der Waals surface area contributed by atoms with Crippen molar-refractivity contribution in [3.8, 4) is 0 Å². The molecule has 3 heteroatoms. The topological polar surface area (TPSA) is 29.3 Å². The fourth-order valence-electron chi connectivity index (χ4n) is 2.56. The summed E-state index contributed by atoms with van der Waals surface area (Å²) >= 11 is 0. The summed E-state index contributed by atoms with van der Waals surface area (Å²) in [5.74, 6) is 0.821. The summed E-state index contributed by atoms with van der Waals surface area (Å²) in [4.78, 5) is 2.50. The molecule has 2 nitrogen and oxygen atoms in total. The highest BCUT2D eigenvalue weighted by molar-refractivity contribution is 6.36. The standard InChI is InChI=1S/C13H21BN2/c1-3-10-6-13(11(14)7-12(10)15)16-5-4-9(2)8-16/h6-7,9H,3-5,8,14-15H2,1-2H3. The van der Waals surface area contributed by atoms with Crippen molar-refractivity contribution in [1.29, 1.82) is 0 Å². The second-order valence-corrected chi connectivity index (χ2v) is 5.03. The molecule has 1 heterocycles. The molecule has 1 unspecified atom stereocenters. The first-order chi connectivity index (χ1) is 7.61. The maximum atomic E-state index is 6.01. The van der Waals surface area contributed by atoms with Gasteiger partial charge in [-0.1, -0.05) is 19.3 Å². The van der Waals surface area contributed by atoms with Crippen LogP contribution in [0.1, 0.15) is 25.8 Å². The molecular formula is C13H21BN2. The zero-order valence-corrected chi connectivity index (χ0v) is 10.6. The molecule has 2 N–H and O–H groups in total. The van der Waals surface area contributed by atoms with Crippen LogP contribution in [0.5, 0.6) is 0 Å². The summed E-state index contributed by atoms with van der Waals surface area (Å²) in [5, 5.41) is 0. The highest BCUT2D eigenvalue weighted by Crippen LogP contribution is 2.25. The van der Waals surface area contributed by atoms with Crippen molar-refractivity contribution in [2.75, 3.05) is 23.7 Å². The second-order valence-electron chi connectivity index (χ2n) is 5.03. The number of aryl methyl sites for hydroxylation is 1. The van der Waals surface area contributed by atoms with Crippen molar-refractivity contribution < 1.29 is 0 Å². The fraction of sp³-hybridized carbons (Fsp3) is 0.538. The summed E-state index contributed by atoms with van der Waals surface area (Å²) in [7, 11) is 2.16. The van der Waals surface area contributed by atoms with Crippen molar-refractivity contribution in [3.63, 3.8) is 0 Å². The minimum absolute atomic E-state index is 0.821. The van der Waals surface area contributed by atoms with Crippen LogP contribution in [-0.4, -0.2) is 20.9 Å². The molecule has 2 rings (SSSR count). The molecule has 0 radical (unpaired) electrons. The Labute approximate surface area is 99.2 Å². The minimum Gasteiger partial charge on any atom is -0.399 e. The SMILES string of the molecule is Bc1cc(N)c(CC)cc1N1CCC(C)C1. The van der Waals surface area contributed by atoms with Crippen LogP contribution in [0.25, 0.3) is 0 Å². The zero-order chi connectivity index (χ0) is 11.7. The van der Waals surface area contributed by atoms with E-state index in [9.17, 15) is 0 Å². The molecule has 1 aromatic rings. The van der Waals surface area contributed by atoms with Gasteiger partial charge in [-0.05, 0) is 36.5 Å². The second kappa shape index (κ2) is 4.40. The molecule has 1 aliphatic rings. The Morgan fingerprint density at radius 2 is 2.25 bits per heavy atom. The zero-order valence-electron chi connectivity index (χ0n) is 10.6. The molecule has 16 heavy (non-hydrogen) atoms. The average molecular weight is 216 g/mol. The summed E-state index contributed by atoms with van der Waals surface area (Å²) in [6.45, 7) is 6.87. The van der Waals surface area contributed by atoms with Crippen molar-refractivity contribution >= 4 is 24.7 Å². The van der Waals surface area contributed by atoms with Crippen molar-refractivity contribution in [3.05, 3.63) is 17.7 Å². The van der Waals surface area contributed by atoms with Gasteiger partial charge in [-0.3, -0.25) is 0 Å². The van der Waals surface area contributed by atoms with Gasteiger partial charge in [0, 0.05) is 24.5 Å². The van der Waals surface area contributed by atoms with E-state index in [1.807, 2.05) is 0 Å². The Hall–Kier alpha value is -1.12. The Bertz CT molecular complexity index is 390. The van der Waals surface area contributed by atoms with Crippen LogP contribution >= 0.6 is 0 Å². The van der Waals surface area contributed by atoms with E-state index in [1.165, 1.54) is 36.2 Å². The van der Waals surface area contributed by atoms with Crippen LogP contribution < -0.4 is 16.1 Å². The van der Waals surface area contributed by atoms with Gasteiger partial charge in [0.2, 0.25) is 0 Å². The van der Waals surface area contributed by atoms with E-state index in [0.717, 1.165) is 18.0 Å². The lowest BCUT2D eigenvalue weighted by molar-refractivity contribution is 0.659. The Morgan fingerprint density at radius 3 is 2.81 bits per heavy atom. The van der Waals surface area contributed by atoms with Crippen molar-refractivity contribution in [2.24, 2.45) is 5.92 Å². The summed E-state index contributed by atoms with van der Waals surface area (Å²) in [5.41, 5.74) is 10.9. The quantitative estimate of drug-likeness (QED) is 0.588. The third kappa shape index (κ3) is 2.04. The molecular weight excluding hydrogens is 195 g/mol. The monoisotopic (exact) mass is 216 g/mol. The van der Waals surface area contributed by atoms with Crippen molar-refractivity contribution in [1.82, 2.24) is 0 Å². The molecule has 1 atom stereocenters. The van der Waals surface area contributed by atoms with Gasteiger partial charge < -0.3 is 10.6 Å². The molecule has 0 amide bonds. The highest BCUT2D eigenvalue weighted by atomic mass is 15.1. The van der Waals surface area contributed by atoms with Crippen LogP contribution in [0.4, 0.5) is 11.4 Å². The van der Waals surface area contributed by atoms with Gasteiger partial charge in [-0.25, -0.2) is 0 Å². The molecule has 1 aliphatic heterocycles. The lowest BCUT2D eigenvalue weighted by atomic mass is 9.90. The maximum Gasteiger partial charge on any atom is 0.142 e. The number of nitrogen functional groups attached to an aromatic ring is 1. The van der Waals surface area contributed by atoms with E-state index in [2.05, 4.69) is 38.7 Å². The first-order valence-corrected chi connectivity index (χ1v) is 6.25. The van der Waals surface area contributed by atoms with Crippen molar-refractivity contribution in [2.45, 2.75) is 26.7 Å². The molecule has 0 aromatic heterocycles. The first kappa shape index (κ1) is 11.4. The van der Waals surface area contributed by atoms with E-state index >= 15 is 0 Å². The predicted molar refractivity (Wildman–Crippen MR) is 74.4 cm³/mol. The normalized spacial score (nSPS) is 20.4. The van der Waals surface area contributed by atoms with Gasteiger partial charge in [0.25, 0.3) is 0 Å². The lowest BCUT2D eigenvalue weighted by Gasteiger charge is -2.22. The third-order valence-electron chi connectivity index (χ3n) is 3.60. The number of hydrogen-bond donors (Lipinski definition) is 1. The molecule has 1 saturated heterocycles. The Kier molecular flexibility index (Phi) is 3.13. The number of nitrogens with zero attached hydrogens (tertiary/aromatic N) is 1. The number of hydrogen-bond acceptors (Lipinski definition) is 2. The molecule has 0 saturated carbocycles. The molecule has 1 aromatic carbocycles. The molecule has 0 bridgehead atoms. The smallest absolute Gasteiger partial charge is 0.142 e. The molecule has 0 aliphatic carbocycles. The van der Waals surface area contributed by atoms with Gasteiger partial charge in [0.05, 0.1) is 0 Å². The van der Waals surface area contributed by atoms with Crippen LogP contribution in [0.3, 0.4) is 0 Å². The first-order valence-electron chi connectivity index (χ1n) is 6.25. The van der Waals surface area contributed by atoms with Gasteiger partial charge in [-0.15, -0.1) is 0 Å². The Balaban J connectivity index is 2.33. The molecule has 1 fully saturated rings. The maximum absolute atomic E-state index is 6.01. The number of rotatable bonds is 2. The number of benzene rings is 1. The largest absolute Gasteiger partial charge is 0.399 e. The lowest BCUT2D eigenvalue weighted by Crippen LogP contribution is -2.26. The van der Waals surface area contributed by atoms with E-state index in [-0.39, 0.29) is 0 Å². The van der Waals surface area contributed by atoms with Crippen LogP contribution in [0, 0.1) is 5.92 Å². The van der Waals surface area contributed by atoms with Crippen LogP contribution in [-0.2, 0) is 6.42 Å². The third-order valence-corrected chi connectivity index (χ3v) is 3.60. The number of anilines is 2. The molecule has 86 valence electrons.